The van der Waals surface area contributed by atoms with Crippen molar-refractivity contribution in [2.75, 3.05) is 19.6 Å². The Bertz CT molecular complexity index is 438. The van der Waals surface area contributed by atoms with E-state index in [-0.39, 0.29) is 5.82 Å². The average Bonchev–Trinajstić information content (AvgIpc) is 2.68. The minimum Gasteiger partial charge on any atom is -0.320 e. The lowest BCUT2D eigenvalue weighted by atomic mass is 9.86. The number of nitrogens with zero attached hydrogens (tertiary/aromatic N) is 1. The summed E-state index contributed by atoms with van der Waals surface area (Å²) in [7, 11) is 0. The fourth-order valence-electron chi connectivity index (χ4n) is 3.08. The highest BCUT2D eigenvalue weighted by molar-refractivity contribution is 5.27. The number of halogens is 1. The zero-order chi connectivity index (χ0) is 14.4. The van der Waals surface area contributed by atoms with E-state index >= 15 is 0 Å². The smallest absolute Gasteiger partial charge is 0.128 e. The van der Waals surface area contributed by atoms with E-state index in [4.69, 9.17) is 5.73 Å². The second kappa shape index (κ2) is 7.00. The second-order valence-electron chi connectivity index (χ2n) is 5.82. The molecule has 2 nitrogen and oxygen atoms in total. The molecule has 0 aliphatic carbocycles. The van der Waals surface area contributed by atoms with Crippen LogP contribution in [0.1, 0.15) is 37.7 Å². The number of hydrogen-bond acceptors (Lipinski definition) is 2. The quantitative estimate of drug-likeness (QED) is 0.835. The summed E-state index contributed by atoms with van der Waals surface area (Å²) in [6, 6.07) is 6.85. The molecule has 1 fully saturated rings. The molecule has 2 N–H and O–H groups in total. The first-order chi connectivity index (χ1) is 9.65. The Morgan fingerprint density at radius 3 is 2.45 bits per heavy atom. The van der Waals surface area contributed by atoms with Crippen molar-refractivity contribution in [2.45, 2.75) is 37.6 Å². The molecule has 1 aliphatic rings. The molecule has 1 aromatic rings. The molecule has 0 aromatic heterocycles. The van der Waals surface area contributed by atoms with Gasteiger partial charge in [-0.3, -0.25) is 0 Å². The van der Waals surface area contributed by atoms with Crippen LogP contribution in [0.2, 0.25) is 0 Å². The van der Waals surface area contributed by atoms with Crippen molar-refractivity contribution in [2.24, 2.45) is 5.73 Å². The van der Waals surface area contributed by atoms with Crippen LogP contribution in [0.3, 0.4) is 0 Å². The number of likely N-dealkylation sites (tertiary alicyclic amines) is 1. The number of hydrogen-bond donors (Lipinski definition) is 1. The van der Waals surface area contributed by atoms with Crippen molar-refractivity contribution in [1.82, 2.24) is 4.90 Å². The van der Waals surface area contributed by atoms with Crippen LogP contribution in [0.4, 0.5) is 4.39 Å². The van der Waals surface area contributed by atoms with Crippen molar-refractivity contribution in [3.63, 3.8) is 0 Å². The summed E-state index contributed by atoms with van der Waals surface area (Å²) in [4.78, 5) is 2.38. The second-order valence-corrected chi connectivity index (χ2v) is 5.82. The summed E-state index contributed by atoms with van der Waals surface area (Å²) in [5, 5.41) is 0. The predicted octanol–water partition coefficient (Wildman–Crippen LogP) is 3.43. The van der Waals surface area contributed by atoms with Gasteiger partial charge in [-0.05, 0) is 38.4 Å². The molecule has 2 rings (SSSR count). The topological polar surface area (TPSA) is 29.3 Å². The van der Waals surface area contributed by atoms with Crippen LogP contribution in [-0.4, -0.2) is 24.5 Å². The van der Waals surface area contributed by atoms with E-state index in [1.54, 1.807) is 18.2 Å². The van der Waals surface area contributed by atoms with Gasteiger partial charge in [-0.15, -0.1) is 6.58 Å². The van der Waals surface area contributed by atoms with E-state index in [9.17, 15) is 4.39 Å². The SMILES string of the molecule is C=CCC(N)(CN1CCCCCC1)c1ccccc1F. The number of nitrogens with two attached hydrogens (primary N) is 1. The third-order valence-electron chi connectivity index (χ3n) is 4.12. The molecule has 1 saturated heterocycles. The predicted molar refractivity (Wildman–Crippen MR) is 82.0 cm³/mol. The number of benzene rings is 1. The van der Waals surface area contributed by atoms with Gasteiger partial charge in [-0.2, -0.15) is 0 Å². The maximum atomic E-state index is 14.1. The molecule has 1 aromatic carbocycles. The van der Waals surface area contributed by atoms with Gasteiger partial charge in [-0.25, -0.2) is 4.39 Å². The van der Waals surface area contributed by atoms with Crippen molar-refractivity contribution in [3.05, 3.63) is 48.3 Å². The molecule has 1 heterocycles. The van der Waals surface area contributed by atoms with Crippen LogP contribution in [0.25, 0.3) is 0 Å². The zero-order valence-electron chi connectivity index (χ0n) is 12.2. The van der Waals surface area contributed by atoms with E-state index in [0.717, 1.165) is 13.1 Å². The molecular weight excluding hydrogens is 251 g/mol. The molecule has 0 radical (unpaired) electrons. The van der Waals surface area contributed by atoms with Gasteiger partial charge in [0.25, 0.3) is 0 Å². The molecule has 3 heteroatoms. The Morgan fingerprint density at radius 1 is 1.20 bits per heavy atom. The van der Waals surface area contributed by atoms with Gasteiger partial charge >= 0.3 is 0 Å². The van der Waals surface area contributed by atoms with Gasteiger partial charge in [0.2, 0.25) is 0 Å². The molecule has 1 aliphatic heterocycles. The van der Waals surface area contributed by atoms with Crippen LogP contribution >= 0.6 is 0 Å². The maximum absolute atomic E-state index is 14.1. The highest BCUT2D eigenvalue weighted by atomic mass is 19.1. The Hall–Kier alpha value is -1.19. The molecule has 110 valence electrons. The minimum absolute atomic E-state index is 0.216. The molecule has 0 saturated carbocycles. The Morgan fingerprint density at radius 2 is 1.85 bits per heavy atom. The highest BCUT2D eigenvalue weighted by Crippen LogP contribution is 2.27. The molecular formula is C17H25FN2. The van der Waals surface area contributed by atoms with Gasteiger partial charge in [0.1, 0.15) is 5.82 Å². The third-order valence-corrected chi connectivity index (χ3v) is 4.12. The van der Waals surface area contributed by atoms with Crippen LogP contribution in [0.5, 0.6) is 0 Å². The third kappa shape index (κ3) is 3.68. The largest absolute Gasteiger partial charge is 0.320 e. The van der Waals surface area contributed by atoms with E-state index in [0.29, 0.717) is 18.5 Å². The first-order valence-electron chi connectivity index (χ1n) is 7.53. The average molecular weight is 276 g/mol. The van der Waals surface area contributed by atoms with E-state index in [1.807, 2.05) is 6.07 Å². The van der Waals surface area contributed by atoms with E-state index < -0.39 is 5.54 Å². The molecule has 0 spiro atoms. The summed E-state index contributed by atoms with van der Waals surface area (Å²) >= 11 is 0. The highest BCUT2D eigenvalue weighted by Gasteiger charge is 2.31. The lowest BCUT2D eigenvalue weighted by Gasteiger charge is -2.35. The Balaban J connectivity index is 2.20. The lowest BCUT2D eigenvalue weighted by Crippen LogP contribution is -2.48. The first-order valence-corrected chi connectivity index (χ1v) is 7.53. The summed E-state index contributed by atoms with van der Waals surface area (Å²) in [6.07, 6.45) is 7.38. The molecule has 1 unspecified atom stereocenters. The summed E-state index contributed by atoms with van der Waals surface area (Å²) < 4.78 is 14.1. The Labute approximate surface area is 121 Å². The van der Waals surface area contributed by atoms with Crippen molar-refractivity contribution in [1.29, 1.82) is 0 Å². The van der Waals surface area contributed by atoms with E-state index in [1.165, 1.54) is 31.7 Å². The van der Waals surface area contributed by atoms with Gasteiger partial charge < -0.3 is 10.6 Å². The maximum Gasteiger partial charge on any atom is 0.128 e. The van der Waals surface area contributed by atoms with Crippen LogP contribution < -0.4 is 5.73 Å². The summed E-state index contributed by atoms with van der Waals surface area (Å²) in [5.41, 5.74) is 6.48. The number of rotatable bonds is 5. The van der Waals surface area contributed by atoms with Gasteiger partial charge in [-0.1, -0.05) is 37.1 Å². The standard InChI is InChI=1S/C17H25FN2/c1-2-11-17(19,15-9-5-6-10-16(15)18)14-20-12-7-3-4-8-13-20/h2,5-6,9-10H,1,3-4,7-8,11-14,19H2. The van der Waals surface area contributed by atoms with Crippen LogP contribution in [0, 0.1) is 5.82 Å². The summed E-state index contributed by atoms with van der Waals surface area (Å²) in [5.74, 6) is -0.216. The van der Waals surface area contributed by atoms with Crippen LogP contribution in [-0.2, 0) is 5.54 Å². The lowest BCUT2D eigenvalue weighted by molar-refractivity contribution is 0.211. The monoisotopic (exact) mass is 276 g/mol. The van der Waals surface area contributed by atoms with E-state index in [2.05, 4.69) is 11.5 Å². The zero-order valence-corrected chi connectivity index (χ0v) is 12.2. The van der Waals surface area contributed by atoms with Crippen molar-refractivity contribution in [3.8, 4) is 0 Å². The van der Waals surface area contributed by atoms with Crippen LogP contribution in [0.15, 0.2) is 36.9 Å². The van der Waals surface area contributed by atoms with Gasteiger partial charge in [0, 0.05) is 12.1 Å². The molecule has 0 bridgehead atoms. The normalized spacial score (nSPS) is 20.1. The first kappa shape index (κ1) is 15.2. The Kier molecular flexibility index (Phi) is 5.32. The van der Waals surface area contributed by atoms with Gasteiger partial charge in [0.05, 0.1) is 5.54 Å². The van der Waals surface area contributed by atoms with Crippen molar-refractivity contribution < 1.29 is 4.39 Å². The molecule has 0 amide bonds. The molecule has 1 atom stereocenters. The van der Waals surface area contributed by atoms with Gasteiger partial charge in [0.15, 0.2) is 0 Å². The van der Waals surface area contributed by atoms with Crippen molar-refractivity contribution >= 4 is 0 Å². The summed E-state index contributed by atoms with van der Waals surface area (Å²) in [6.45, 7) is 6.61. The minimum atomic E-state index is -0.683. The molecule has 20 heavy (non-hydrogen) atoms. The fraction of sp³-hybridized carbons (Fsp3) is 0.529. The fourth-order valence-corrected chi connectivity index (χ4v) is 3.08.